The minimum absolute atomic E-state index is 0.0498. The van der Waals surface area contributed by atoms with Crippen LogP contribution in [0, 0.1) is 19.8 Å². The van der Waals surface area contributed by atoms with Crippen molar-refractivity contribution in [2.45, 2.75) is 78.7 Å². The standard InChI is InChI=1S/C34H48N6O6/c1-22-18-40(23(2)21-41)33(42)29-17-28(36-34(43)37-32-25(4)38-46-26(32)5)10-11-30(29)45-24(3)9-7-8-16-44-31(22)20-39(6)19-27-12-14-35-15-13-27/h10-15,17,22-24,31,41H,7-9,16,18-21H2,1-6H3,(H2,36,37,43)/t22-,23-,24-,31-/m1/s1. The first-order valence-corrected chi connectivity index (χ1v) is 16.0. The Hall–Kier alpha value is -4.00. The zero-order valence-corrected chi connectivity index (χ0v) is 27.8. The molecule has 0 saturated heterocycles. The maximum atomic E-state index is 14.3. The highest BCUT2D eigenvalue weighted by Crippen LogP contribution is 2.29. The van der Waals surface area contributed by atoms with Crippen molar-refractivity contribution in [2.24, 2.45) is 5.92 Å². The number of rotatable bonds is 8. The maximum absolute atomic E-state index is 14.3. The third kappa shape index (κ3) is 9.51. The summed E-state index contributed by atoms with van der Waals surface area (Å²) in [5.41, 5.74) is 2.93. The summed E-state index contributed by atoms with van der Waals surface area (Å²) in [5, 5.41) is 19.7. The fourth-order valence-electron chi connectivity index (χ4n) is 5.57. The van der Waals surface area contributed by atoms with Crippen molar-refractivity contribution in [2.75, 3.05) is 44.0 Å². The summed E-state index contributed by atoms with van der Waals surface area (Å²) in [6.07, 6.45) is 5.86. The first-order chi connectivity index (χ1) is 22.0. The molecule has 3 N–H and O–H groups in total. The van der Waals surface area contributed by atoms with Gasteiger partial charge in [-0.3, -0.25) is 14.7 Å². The van der Waals surface area contributed by atoms with Gasteiger partial charge in [-0.25, -0.2) is 4.79 Å². The van der Waals surface area contributed by atoms with Crippen molar-refractivity contribution in [1.82, 2.24) is 19.9 Å². The number of aromatic nitrogens is 2. The lowest BCUT2D eigenvalue weighted by molar-refractivity contribution is -0.0177. The number of likely N-dealkylation sites (N-methyl/N-ethyl adjacent to an activating group) is 1. The molecule has 0 radical (unpaired) electrons. The van der Waals surface area contributed by atoms with E-state index in [1.54, 1.807) is 49.3 Å². The normalized spacial score (nSPS) is 20.4. The first kappa shape index (κ1) is 34.9. The van der Waals surface area contributed by atoms with Gasteiger partial charge in [0, 0.05) is 50.2 Å². The van der Waals surface area contributed by atoms with E-state index < -0.39 is 12.1 Å². The molecule has 250 valence electrons. The van der Waals surface area contributed by atoms with Crippen LogP contribution in [0.5, 0.6) is 5.75 Å². The fourth-order valence-corrected chi connectivity index (χ4v) is 5.57. The van der Waals surface area contributed by atoms with Crippen molar-refractivity contribution in [3.8, 4) is 5.75 Å². The predicted molar refractivity (Wildman–Crippen MR) is 176 cm³/mol. The Balaban J connectivity index is 1.60. The van der Waals surface area contributed by atoms with Crippen LogP contribution in [0.2, 0.25) is 0 Å². The van der Waals surface area contributed by atoms with Gasteiger partial charge in [0.05, 0.1) is 30.4 Å². The molecule has 0 bridgehead atoms. The van der Waals surface area contributed by atoms with Gasteiger partial charge in [0.25, 0.3) is 5.91 Å². The Kier molecular flexibility index (Phi) is 12.5. The minimum Gasteiger partial charge on any atom is -0.490 e. The number of carbonyl (C=O) groups excluding carboxylic acids is 2. The van der Waals surface area contributed by atoms with Crippen LogP contribution < -0.4 is 15.4 Å². The molecular weight excluding hydrogens is 588 g/mol. The van der Waals surface area contributed by atoms with Gasteiger partial charge in [0.15, 0.2) is 5.76 Å². The van der Waals surface area contributed by atoms with E-state index in [-0.39, 0.29) is 30.6 Å². The number of hydrogen-bond acceptors (Lipinski definition) is 9. The summed E-state index contributed by atoms with van der Waals surface area (Å²) in [6, 6.07) is 8.08. The molecule has 0 spiro atoms. The van der Waals surface area contributed by atoms with E-state index in [0.717, 1.165) is 31.4 Å². The summed E-state index contributed by atoms with van der Waals surface area (Å²) in [6.45, 7) is 11.5. The van der Waals surface area contributed by atoms with Gasteiger partial charge in [0.2, 0.25) is 0 Å². The van der Waals surface area contributed by atoms with Crippen LogP contribution in [0.4, 0.5) is 16.2 Å². The van der Waals surface area contributed by atoms with Crippen molar-refractivity contribution < 1.29 is 28.7 Å². The number of benzene rings is 1. The summed E-state index contributed by atoms with van der Waals surface area (Å²) < 4.78 is 17.9. The molecule has 0 unspecified atom stereocenters. The summed E-state index contributed by atoms with van der Waals surface area (Å²) in [7, 11) is 2.06. The molecule has 3 aromatic rings. The molecule has 3 amide bonds. The summed E-state index contributed by atoms with van der Waals surface area (Å²) >= 11 is 0. The molecule has 12 nitrogen and oxygen atoms in total. The molecule has 12 heteroatoms. The number of aliphatic hydroxyl groups is 1. The van der Waals surface area contributed by atoms with E-state index in [9.17, 15) is 14.7 Å². The first-order valence-electron chi connectivity index (χ1n) is 16.0. The Morgan fingerprint density at radius 2 is 1.91 bits per heavy atom. The van der Waals surface area contributed by atoms with E-state index in [1.165, 1.54) is 0 Å². The van der Waals surface area contributed by atoms with E-state index >= 15 is 0 Å². The zero-order valence-electron chi connectivity index (χ0n) is 27.8. The van der Waals surface area contributed by atoms with Crippen LogP contribution in [0.15, 0.2) is 47.2 Å². The van der Waals surface area contributed by atoms with Gasteiger partial charge in [0.1, 0.15) is 17.1 Å². The summed E-state index contributed by atoms with van der Waals surface area (Å²) in [5.74, 6) is 0.569. The van der Waals surface area contributed by atoms with Crippen molar-refractivity contribution >= 4 is 23.3 Å². The van der Waals surface area contributed by atoms with Crippen LogP contribution in [0.3, 0.4) is 0 Å². The molecule has 4 atom stereocenters. The highest BCUT2D eigenvalue weighted by molar-refractivity contribution is 6.03. The fraction of sp³-hybridized carbons (Fsp3) is 0.529. The molecule has 1 aliphatic heterocycles. The van der Waals surface area contributed by atoms with Crippen LogP contribution in [-0.2, 0) is 11.3 Å². The number of aliphatic hydroxyl groups excluding tert-OH is 1. The number of carbonyl (C=O) groups is 2. The molecule has 2 aromatic heterocycles. The number of amides is 3. The largest absolute Gasteiger partial charge is 0.490 e. The van der Waals surface area contributed by atoms with Gasteiger partial charge < -0.3 is 34.6 Å². The van der Waals surface area contributed by atoms with E-state index in [0.29, 0.717) is 53.8 Å². The molecule has 1 aliphatic rings. The second-order valence-corrected chi connectivity index (χ2v) is 12.3. The van der Waals surface area contributed by atoms with Gasteiger partial charge in [-0.2, -0.15) is 0 Å². The third-order valence-corrected chi connectivity index (χ3v) is 8.27. The Morgan fingerprint density at radius 1 is 1.15 bits per heavy atom. The number of fused-ring (bicyclic) bond motifs is 1. The Bertz CT molecular complexity index is 1410. The molecule has 0 saturated carbocycles. The SMILES string of the molecule is Cc1noc(C)c1NC(=O)Nc1ccc2c(c1)C(=O)N([C@H](C)CO)C[C@@H](C)[C@@H](CN(C)Cc1ccncc1)OCCCC[C@@H](C)O2. The second-order valence-electron chi connectivity index (χ2n) is 12.3. The minimum atomic E-state index is -0.498. The smallest absolute Gasteiger partial charge is 0.323 e. The molecular formula is C34H48N6O6. The van der Waals surface area contributed by atoms with Crippen molar-refractivity contribution in [3.63, 3.8) is 0 Å². The topological polar surface area (TPSA) is 142 Å². The van der Waals surface area contributed by atoms with Gasteiger partial charge in [-0.1, -0.05) is 12.1 Å². The average molecular weight is 637 g/mol. The van der Waals surface area contributed by atoms with Crippen molar-refractivity contribution in [3.05, 3.63) is 65.3 Å². The van der Waals surface area contributed by atoms with Crippen LogP contribution >= 0.6 is 0 Å². The average Bonchev–Trinajstić information content (AvgIpc) is 3.34. The number of hydrogen-bond donors (Lipinski definition) is 3. The Morgan fingerprint density at radius 3 is 2.61 bits per heavy atom. The van der Waals surface area contributed by atoms with Gasteiger partial charge in [-0.15, -0.1) is 0 Å². The molecule has 0 aliphatic carbocycles. The highest BCUT2D eigenvalue weighted by Gasteiger charge is 2.30. The molecule has 4 rings (SSSR count). The molecule has 0 fully saturated rings. The predicted octanol–water partition coefficient (Wildman–Crippen LogP) is 5.26. The number of nitrogens with zero attached hydrogens (tertiary/aromatic N) is 4. The number of urea groups is 1. The molecule has 3 heterocycles. The quantitative estimate of drug-likeness (QED) is 0.302. The molecule has 46 heavy (non-hydrogen) atoms. The lowest BCUT2D eigenvalue weighted by atomic mass is 10.0. The maximum Gasteiger partial charge on any atom is 0.323 e. The monoisotopic (exact) mass is 636 g/mol. The lowest BCUT2D eigenvalue weighted by Crippen LogP contribution is -2.47. The third-order valence-electron chi connectivity index (χ3n) is 8.27. The highest BCUT2D eigenvalue weighted by atomic mass is 16.5. The van der Waals surface area contributed by atoms with Crippen LogP contribution in [-0.4, -0.2) is 88.6 Å². The number of ether oxygens (including phenoxy) is 2. The molecule has 1 aromatic carbocycles. The van der Waals surface area contributed by atoms with E-state index in [4.69, 9.17) is 14.0 Å². The van der Waals surface area contributed by atoms with Crippen molar-refractivity contribution in [1.29, 1.82) is 0 Å². The second kappa shape index (κ2) is 16.5. The number of aryl methyl sites for hydroxylation is 2. The van der Waals surface area contributed by atoms with E-state index in [2.05, 4.69) is 39.6 Å². The van der Waals surface area contributed by atoms with Crippen LogP contribution in [0.1, 0.15) is 67.4 Å². The van der Waals surface area contributed by atoms with Gasteiger partial charge in [-0.05, 0) is 89.9 Å². The van der Waals surface area contributed by atoms with Crippen LogP contribution in [0.25, 0.3) is 0 Å². The number of anilines is 2. The zero-order chi connectivity index (χ0) is 33.2. The number of pyridine rings is 1. The Labute approximate surface area is 271 Å². The van der Waals surface area contributed by atoms with E-state index in [1.807, 2.05) is 26.0 Å². The van der Waals surface area contributed by atoms with Gasteiger partial charge >= 0.3 is 6.03 Å². The lowest BCUT2D eigenvalue weighted by Gasteiger charge is -2.36. The number of nitrogens with one attached hydrogen (secondary N) is 2. The summed E-state index contributed by atoms with van der Waals surface area (Å²) in [4.78, 5) is 35.2.